The summed E-state index contributed by atoms with van der Waals surface area (Å²) in [7, 11) is 1.57. The van der Waals surface area contributed by atoms with Gasteiger partial charge in [-0.1, -0.05) is 42.5 Å². The number of anilines is 1. The monoisotopic (exact) mass is 477 g/mol. The van der Waals surface area contributed by atoms with Crippen LogP contribution in [0.2, 0.25) is 0 Å². The maximum Gasteiger partial charge on any atom is 0.418 e. The number of halogens is 3. The van der Waals surface area contributed by atoms with Crippen LogP contribution in [0.1, 0.15) is 28.4 Å². The van der Waals surface area contributed by atoms with E-state index in [1.807, 2.05) is 59.3 Å². The van der Waals surface area contributed by atoms with E-state index in [9.17, 15) is 18.0 Å². The first-order chi connectivity index (χ1) is 16.9. The molecule has 0 fully saturated rings. The number of amides is 2. The molecule has 8 heteroatoms. The second-order valence-corrected chi connectivity index (χ2v) is 8.21. The van der Waals surface area contributed by atoms with E-state index in [4.69, 9.17) is 4.74 Å². The maximum atomic E-state index is 13.7. The van der Waals surface area contributed by atoms with Crippen LogP contribution >= 0.6 is 0 Å². The Labute approximate surface area is 200 Å². The number of para-hydroxylation sites is 2. The highest BCUT2D eigenvalue weighted by Crippen LogP contribution is 2.39. The Morgan fingerprint density at radius 1 is 0.943 bits per heavy atom. The molecule has 35 heavy (non-hydrogen) atoms. The van der Waals surface area contributed by atoms with Gasteiger partial charge in [0.2, 0.25) is 0 Å². The van der Waals surface area contributed by atoms with Crippen molar-refractivity contribution in [1.29, 1.82) is 0 Å². The van der Waals surface area contributed by atoms with E-state index >= 15 is 0 Å². The third-order valence-corrected chi connectivity index (χ3v) is 6.13. The number of nitrogens with zero attached hydrogens (tertiary/aromatic N) is 2. The quantitative estimate of drug-likeness (QED) is 0.360. The molecule has 0 spiro atoms. The van der Waals surface area contributed by atoms with E-state index < -0.39 is 23.8 Å². The predicted octanol–water partition coefficient (Wildman–Crippen LogP) is 6.64. The smallest absolute Gasteiger partial charge is 0.418 e. The third-order valence-electron chi connectivity index (χ3n) is 6.13. The molecule has 0 radical (unpaired) electrons. The lowest BCUT2D eigenvalue weighted by Crippen LogP contribution is -2.38. The second kappa shape index (κ2) is 8.87. The number of hydrogen-bond donors (Lipinski definition) is 1. The number of fused-ring (bicyclic) bond motifs is 3. The summed E-state index contributed by atoms with van der Waals surface area (Å²) in [5, 5.41) is 2.52. The number of benzene rings is 3. The summed E-state index contributed by atoms with van der Waals surface area (Å²) >= 11 is 0. The fraction of sp³-hybridized carbons (Fsp3) is 0.148. The molecule has 1 aliphatic rings. The number of carbonyl (C=O) groups is 1. The lowest BCUT2D eigenvalue weighted by atomic mass is 10.0. The third kappa shape index (κ3) is 4.23. The standard InChI is InChI=1S/C27H22F3N3O2/c1-35-20-14-12-18(13-15-20)25-24-11-6-16-32(24)23-10-5-2-7-19(23)17-33(25)26(34)31-22-9-4-3-8-21(22)27(28,29)30/h2-16,25H,17H2,1H3,(H,31,34)/t25-/m0/s1. The van der Waals surface area contributed by atoms with Crippen molar-refractivity contribution in [2.45, 2.75) is 18.8 Å². The second-order valence-electron chi connectivity index (χ2n) is 8.21. The molecule has 2 heterocycles. The average molecular weight is 477 g/mol. The van der Waals surface area contributed by atoms with Crippen LogP contribution in [0.3, 0.4) is 0 Å². The first kappa shape index (κ1) is 22.6. The molecule has 1 atom stereocenters. The Balaban J connectivity index is 1.62. The van der Waals surface area contributed by atoms with Gasteiger partial charge < -0.3 is 19.5 Å². The molecule has 0 bridgehead atoms. The Morgan fingerprint density at radius 3 is 2.40 bits per heavy atom. The number of methoxy groups -OCH3 is 1. The lowest BCUT2D eigenvalue weighted by Gasteiger charge is -2.31. The van der Waals surface area contributed by atoms with Crippen LogP contribution in [-0.4, -0.2) is 22.6 Å². The number of nitrogens with one attached hydrogen (secondary N) is 1. The zero-order valence-corrected chi connectivity index (χ0v) is 18.8. The predicted molar refractivity (Wildman–Crippen MR) is 127 cm³/mol. The van der Waals surface area contributed by atoms with Crippen LogP contribution in [0.5, 0.6) is 5.75 Å². The van der Waals surface area contributed by atoms with E-state index in [1.54, 1.807) is 24.1 Å². The van der Waals surface area contributed by atoms with Gasteiger partial charge in [-0.3, -0.25) is 0 Å². The molecule has 4 aromatic rings. The fourth-order valence-electron chi connectivity index (χ4n) is 4.50. The first-order valence-corrected chi connectivity index (χ1v) is 11.0. The zero-order chi connectivity index (χ0) is 24.6. The molecular formula is C27H22F3N3O2. The van der Waals surface area contributed by atoms with Crippen molar-refractivity contribution in [1.82, 2.24) is 9.47 Å². The zero-order valence-electron chi connectivity index (χ0n) is 18.8. The van der Waals surface area contributed by atoms with Gasteiger partial charge in [-0.2, -0.15) is 13.2 Å². The summed E-state index contributed by atoms with van der Waals surface area (Å²) in [6, 6.07) is 22.6. The van der Waals surface area contributed by atoms with Gasteiger partial charge in [0, 0.05) is 11.9 Å². The van der Waals surface area contributed by atoms with Crippen molar-refractivity contribution in [3.63, 3.8) is 0 Å². The number of hydrogen-bond acceptors (Lipinski definition) is 2. The molecule has 0 unspecified atom stereocenters. The van der Waals surface area contributed by atoms with E-state index in [0.29, 0.717) is 5.75 Å². The van der Waals surface area contributed by atoms with Crippen LogP contribution in [0.25, 0.3) is 5.69 Å². The molecule has 2 amide bonds. The molecule has 0 aliphatic carbocycles. The van der Waals surface area contributed by atoms with E-state index in [2.05, 4.69) is 5.32 Å². The largest absolute Gasteiger partial charge is 0.497 e. The Morgan fingerprint density at radius 2 is 1.66 bits per heavy atom. The summed E-state index contributed by atoms with van der Waals surface area (Å²) in [5.41, 5.74) is 2.23. The highest BCUT2D eigenvalue weighted by molar-refractivity contribution is 5.91. The van der Waals surface area contributed by atoms with Gasteiger partial charge in [0.1, 0.15) is 5.75 Å². The molecule has 5 rings (SSSR count). The molecule has 1 aromatic heterocycles. The summed E-state index contributed by atoms with van der Waals surface area (Å²) in [4.78, 5) is 15.2. The number of alkyl halides is 3. The van der Waals surface area contributed by atoms with Gasteiger partial charge in [0.05, 0.1) is 36.6 Å². The van der Waals surface area contributed by atoms with Crippen LogP contribution < -0.4 is 10.1 Å². The van der Waals surface area contributed by atoms with Crippen molar-refractivity contribution < 1.29 is 22.7 Å². The van der Waals surface area contributed by atoms with Crippen molar-refractivity contribution in [2.75, 3.05) is 12.4 Å². The van der Waals surface area contributed by atoms with E-state index in [1.165, 1.54) is 18.2 Å². The van der Waals surface area contributed by atoms with Crippen LogP contribution in [0.4, 0.5) is 23.7 Å². The van der Waals surface area contributed by atoms with Gasteiger partial charge in [-0.15, -0.1) is 0 Å². The van der Waals surface area contributed by atoms with Gasteiger partial charge in [0.25, 0.3) is 0 Å². The molecular weight excluding hydrogens is 455 g/mol. The molecule has 5 nitrogen and oxygen atoms in total. The Bertz CT molecular complexity index is 1360. The minimum atomic E-state index is -4.60. The molecule has 178 valence electrons. The van der Waals surface area contributed by atoms with Crippen molar-refractivity contribution >= 4 is 11.7 Å². The molecule has 1 N–H and O–H groups in total. The topological polar surface area (TPSA) is 46.5 Å². The van der Waals surface area contributed by atoms with E-state index in [-0.39, 0.29) is 12.2 Å². The van der Waals surface area contributed by atoms with Crippen molar-refractivity contribution in [3.05, 3.63) is 114 Å². The first-order valence-electron chi connectivity index (χ1n) is 11.0. The summed E-state index contributed by atoms with van der Waals surface area (Å²) in [6.07, 6.45) is -2.68. The van der Waals surface area contributed by atoms with Gasteiger partial charge >= 0.3 is 12.2 Å². The SMILES string of the molecule is COc1ccc([C@H]2c3cccn3-c3ccccc3CN2C(=O)Nc2ccccc2C(F)(F)F)cc1. The average Bonchev–Trinajstić information content (AvgIpc) is 3.28. The number of aromatic nitrogens is 1. The molecule has 0 saturated heterocycles. The van der Waals surface area contributed by atoms with Crippen molar-refractivity contribution in [2.24, 2.45) is 0 Å². The number of ether oxygens (including phenoxy) is 1. The minimum absolute atomic E-state index is 0.203. The highest BCUT2D eigenvalue weighted by atomic mass is 19.4. The fourth-order valence-corrected chi connectivity index (χ4v) is 4.50. The van der Waals surface area contributed by atoms with E-state index in [0.717, 1.165) is 28.6 Å². The lowest BCUT2D eigenvalue weighted by molar-refractivity contribution is -0.136. The molecule has 3 aromatic carbocycles. The normalized spacial score (nSPS) is 15.1. The van der Waals surface area contributed by atoms with Crippen LogP contribution in [-0.2, 0) is 12.7 Å². The van der Waals surface area contributed by atoms with Crippen LogP contribution in [0, 0.1) is 0 Å². The number of carbonyl (C=O) groups excluding carboxylic acids is 1. The van der Waals surface area contributed by atoms with Gasteiger partial charge in [0.15, 0.2) is 0 Å². The Hall–Kier alpha value is -4.20. The maximum absolute atomic E-state index is 13.7. The Kier molecular flexibility index (Phi) is 5.72. The minimum Gasteiger partial charge on any atom is -0.497 e. The number of rotatable bonds is 3. The van der Waals surface area contributed by atoms with Crippen molar-refractivity contribution in [3.8, 4) is 11.4 Å². The molecule has 1 aliphatic heterocycles. The molecule has 0 saturated carbocycles. The summed E-state index contributed by atoms with van der Waals surface area (Å²) < 4.78 is 48.1. The van der Waals surface area contributed by atoms with Gasteiger partial charge in [-0.05, 0) is 53.6 Å². The summed E-state index contributed by atoms with van der Waals surface area (Å²) in [6.45, 7) is 0.203. The highest BCUT2D eigenvalue weighted by Gasteiger charge is 2.36. The van der Waals surface area contributed by atoms with Crippen LogP contribution in [0.15, 0.2) is 91.1 Å². The van der Waals surface area contributed by atoms with Gasteiger partial charge in [-0.25, -0.2) is 4.79 Å². The number of urea groups is 1. The summed E-state index contributed by atoms with van der Waals surface area (Å²) in [5.74, 6) is 0.663.